The maximum Gasteiger partial charge on any atom is 0.416 e. The van der Waals surface area contributed by atoms with E-state index in [1.807, 2.05) is 30.3 Å². The third-order valence-electron chi connectivity index (χ3n) is 4.29. The SMILES string of the molecule is CCn1cc(C(=O)NCc2ccccc2)c(=O)c2cc(C(F)(F)F)ccc21. The molecule has 1 N–H and O–H groups in total. The Bertz CT molecular complexity index is 1040. The van der Waals surface area contributed by atoms with Crippen LogP contribution in [-0.2, 0) is 19.3 Å². The molecule has 7 heteroatoms. The van der Waals surface area contributed by atoms with Crippen molar-refractivity contribution in [2.45, 2.75) is 26.2 Å². The number of fused-ring (bicyclic) bond motifs is 1. The van der Waals surface area contributed by atoms with Crippen molar-refractivity contribution >= 4 is 16.8 Å². The number of carbonyl (C=O) groups is 1. The Balaban J connectivity index is 2.03. The van der Waals surface area contributed by atoms with Gasteiger partial charge >= 0.3 is 6.18 Å². The summed E-state index contributed by atoms with van der Waals surface area (Å²) in [4.78, 5) is 25.2. The van der Waals surface area contributed by atoms with Crippen molar-refractivity contribution in [3.63, 3.8) is 0 Å². The lowest BCUT2D eigenvalue weighted by molar-refractivity contribution is -0.137. The normalized spacial score (nSPS) is 11.6. The number of amides is 1. The van der Waals surface area contributed by atoms with Crippen LogP contribution in [0, 0.1) is 0 Å². The zero-order valence-electron chi connectivity index (χ0n) is 14.5. The summed E-state index contributed by atoms with van der Waals surface area (Å²) < 4.78 is 40.6. The van der Waals surface area contributed by atoms with Crippen molar-refractivity contribution in [1.29, 1.82) is 0 Å². The van der Waals surface area contributed by atoms with Gasteiger partial charge in [0.05, 0.1) is 11.1 Å². The van der Waals surface area contributed by atoms with Crippen LogP contribution < -0.4 is 10.7 Å². The third kappa shape index (κ3) is 3.86. The fourth-order valence-electron chi connectivity index (χ4n) is 2.87. The number of aryl methyl sites for hydroxylation is 1. The maximum absolute atomic E-state index is 13.0. The van der Waals surface area contributed by atoms with Crippen LogP contribution >= 0.6 is 0 Å². The Morgan fingerprint density at radius 2 is 1.81 bits per heavy atom. The second-order valence-electron chi connectivity index (χ2n) is 6.06. The lowest BCUT2D eigenvalue weighted by Crippen LogP contribution is -2.29. The molecule has 1 amide bonds. The molecule has 4 nitrogen and oxygen atoms in total. The summed E-state index contributed by atoms with van der Waals surface area (Å²) in [6.45, 7) is 2.40. The standard InChI is InChI=1S/C20H17F3N2O2/c1-2-25-12-16(19(27)24-11-13-6-4-3-5-7-13)18(26)15-10-14(20(21,22)23)8-9-17(15)25/h3-10,12H,2,11H2,1H3,(H,24,27). The number of pyridine rings is 1. The van der Waals surface area contributed by atoms with Crippen molar-refractivity contribution in [3.8, 4) is 0 Å². The van der Waals surface area contributed by atoms with E-state index in [0.29, 0.717) is 12.1 Å². The van der Waals surface area contributed by atoms with E-state index in [0.717, 1.165) is 17.7 Å². The van der Waals surface area contributed by atoms with Crippen molar-refractivity contribution in [2.75, 3.05) is 0 Å². The van der Waals surface area contributed by atoms with E-state index in [4.69, 9.17) is 0 Å². The van der Waals surface area contributed by atoms with Crippen LogP contribution in [0.4, 0.5) is 13.2 Å². The molecule has 0 atom stereocenters. The van der Waals surface area contributed by atoms with Gasteiger partial charge in [-0.1, -0.05) is 30.3 Å². The van der Waals surface area contributed by atoms with E-state index in [1.54, 1.807) is 11.5 Å². The molecule has 3 aromatic rings. The second kappa shape index (κ2) is 7.26. The van der Waals surface area contributed by atoms with Crippen molar-refractivity contribution in [2.24, 2.45) is 0 Å². The molecule has 0 unspecified atom stereocenters. The van der Waals surface area contributed by atoms with E-state index in [1.165, 1.54) is 12.3 Å². The Kier molecular flexibility index (Phi) is 5.03. The van der Waals surface area contributed by atoms with E-state index >= 15 is 0 Å². The third-order valence-corrected chi connectivity index (χ3v) is 4.29. The number of nitrogens with one attached hydrogen (secondary N) is 1. The number of benzene rings is 2. The van der Waals surface area contributed by atoms with Crippen molar-refractivity contribution in [3.05, 3.63) is 81.6 Å². The molecule has 2 aromatic carbocycles. The molecule has 0 aliphatic rings. The summed E-state index contributed by atoms with van der Waals surface area (Å²) in [7, 11) is 0. The Labute approximate surface area is 153 Å². The van der Waals surface area contributed by atoms with Gasteiger partial charge in [-0.15, -0.1) is 0 Å². The predicted molar refractivity (Wildman–Crippen MR) is 96.5 cm³/mol. The smallest absolute Gasteiger partial charge is 0.348 e. The first-order valence-corrected chi connectivity index (χ1v) is 8.37. The molecular formula is C20H17F3N2O2. The Hall–Kier alpha value is -3.09. The number of alkyl halides is 3. The summed E-state index contributed by atoms with van der Waals surface area (Å²) in [6.07, 6.45) is -3.18. The van der Waals surface area contributed by atoms with Crippen LogP contribution in [-0.4, -0.2) is 10.5 Å². The fourth-order valence-corrected chi connectivity index (χ4v) is 2.87. The van der Waals surface area contributed by atoms with Crippen molar-refractivity contribution < 1.29 is 18.0 Å². The number of hydrogen-bond donors (Lipinski definition) is 1. The fraction of sp³-hybridized carbons (Fsp3) is 0.200. The van der Waals surface area contributed by atoms with E-state index in [2.05, 4.69) is 5.32 Å². The topological polar surface area (TPSA) is 51.1 Å². The van der Waals surface area contributed by atoms with Gasteiger partial charge in [-0.2, -0.15) is 13.2 Å². The van der Waals surface area contributed by atoms with E-state index in [-0.39, 0.29) is 17.5 Å². The van der Waals surface area contributed by atoms with Crippen LogP contribution in [0.3, 0.4) is 0 Å². The lowest BCUT2D eigenvalue weighted by Gasteiger charge is -2.14. The first kappa shape index (κ1) is 18.7. The van der Waals surface area contributed by atoms with Gasteiger partial charge in [0, 0.05) is 24.7 Å². The minimum absolute atomic E-state index is 0.126. The second-order valence-corrected chi connectivity index (χ2v) is 6.06. The molecule has 140 valence electrons. The van der Waals surface area contributed by atoms with E-state index < -0.39 is 23.1 Å². The van der Waals surface area contributed by atoms with Crippen LogP contribution in [0.2, 0.25) is 0 Å². The summed E-state index contributed by atoms with van der Waals surface area (Å²) >= 11 is 0. The van der Waals surface area contributed by atoms with E-state index in [9.17, 15) is 22.8 Å². The molecule has 1 aromatic heterocycles. The number of carbonyl (C=O) groups excluding carboxylic acids is 1. The van der Waals surface area contributed by atoms with Gasteiger partial charge in [0.1, 0.15) is 5.56 Å². The summed E-state index contributed by atoms with van der Waals surface area (Å²) in [6, 6.07) is 12.1. The summed E-state index contributed by atoms with van der Waals surface area (Å²) in [5.41, 5.74) is -0.612. The average molecular weight is 374 g/mol. The molecule has 3 rings (SSSR count). The molecule has 0 radical (unpaired) electrons. The predicted octanol–water partition coefficient (Wildman–Crippen LogP) is 3.97. The molecule has 0 aliphatic carbocycles. The highest BCUT2D eigenvalue weighted by atomic mass is 19.4. The largest absolute Gasteiger partial charge is 0.416 e. The minimum Gasteiger partial charge on any atom is -0.348 e. The minimum atomic E-state index is -4.57. The van der Waals surface area contributed by atoms with Gasteiger partial charge < -0.3 is 9.88 Å². The number of nitrogens with zero attached hydrogens (tertiary/aromatic N) is 1. The van der Waals surface area contributed by atoms with Crippen molar-refractivity contribution in [1.82, 2.24) is 9.88 Å². The molecule has 0 spiro atoms. The monoisotopic (exact) mass is 374 g/mol. The van der Waals surface area contributed by atoms with Crippen LogP contribution in [0.5, 0.6) is 0 Å². The summed E-state index contributed by atoms with van der Waals surface area (Å²) in [5, 5.41) is 2.52. The quantitative estimate of drug-likeness (QED) is 0.751. The molecule has 0 saturated heterocycles. The first-order chi connectivity index (χ1) is 12.8. The molecular weight excluding hydrogens is 357 g/mol. The van der Waals surface area contributed by atoms with Gasteiger partial charge in [-0.25, -0.2) is 0 Å². The number of aromatic nitrogens is 1. The highest BCUT2D eigenvalue weighted by Crippen LogP contribution is 2.30. The lowest BCUT2D eigenvalue weighted by atomic mass is 10.1. The Morgan fingerprint density at radius 3 is 2.44 bits per heavy atom. The van der Waals surface area contributed by atoms with Gasteiger partial charge in [-0.3, -0.25) is 9.59 Å². The van der Waals surface area contributed by atoms with Crippen LogP contribution in [0.15, 0.2) is 59.5 Å². The zero-order chi connectivity index (χ0) is 19.6. The first-order valence-electron chi connectivity index (χ1n) is 8.37. The highest BCUT2D eigenvalue weighted by Gasteiger charge is 2.31. The average Bonchev–Trinajstić information content (AvgIpc) is 2.66. The Morgan fingerprint density at radius 1 is 1.11 bits per heavy atom. The van der Waals surface area contributed by atoms with Gasteiger partial charge in [0.25, 0.3) is 5.91 Å². The molecule has 0 saturated carbocycles. The highest BCUT2D eigenvalue weighted by molar-refractivity contribution is 5.97. The number of halogens is 3. The van der Waals surface area contributed by atoms with Gasteiger partial charge in [-0.05, 0) is 30.7 Å². The molecule has 1 heterocycles. The molecule has 0 aliphatic heterocycles. The number of hydrogen-bond acceptors (Lipinski definition) is 2. The van der Waals surface area contributed by atoms with Gasteiger partial charge in [0.2, 0.25) is 5.43 Å². The van der Waals surface area contributed by atoms with Gasteiger partial charge in [0.15, 0.2) is 0 Å². The molecule has 0 bridgehead atoms. The van der Waals surface area contributed by atoms with Crippen LogP contribution in [0.25, 0.3) is 10.9 Å². The van der Waals surface area contributed by atoms with Crippen LogP contribution in [0.1, 0.15) is 28.4 Å². The maximum atomic E-state index is 13.0. The zero-order valence-corrected chi connectivity index (χ0v) is 14.5. The summed E-state index contributed by atoms with van der Waals surface area (Å²) in [5.74, 6) is -0.620. The molecule has 0 fully saturated rings. The molecule has 27 heavy (non-hydrogen) atoms. The number of rotatable bonds is 4.